The lowest BCUT2D eigenvalue weighted by atomic mass is 10.2. The highest BCUT2D eigenvalue weighted by Gasteiger charge is 2.36. The molecule has 0 spiro atoms. The van der Waals surface area contributed by atoms with Crippen LogP contribution in [0.4, 0.5) is 14.9 Å². The average molecular weight is 526 g/mol. The summed E-state index contributed by atoms with van der Waals surface area (Å²) in [5, 5.41) is 1.81. The second kappa shape index (κ2) is 9.40. The molecule has 29 heavy (non-hydrogen) atoms. The van der Waals surface area contributed by atoms with Crippen LogP contribution in [0.1, 0.15) is 12.5 Å². The fourth-order valence-electron chi connectivity index (χ4n) is 2.56. The predicted octanol–water partition coefficient (Wildman–Crippen LogP) is 4.50. The largest absolute Gasteiger partial charge is 0.493 e. The lowest BCUT2D eigenvalue weighted by Crippen LogP contribution is -2.36. The van der Waals surface area contributed by atoms with Crippen molar-refractivity contribution in [3.63, 3.8) is 0 Å². The van der Waals surface area contributed by atoms with Crippen molar-refractivity contribution in [3.8, 4) is 5.75 Å². The Kier molecular flexibility index (Phi) is 6.91. The molecule has 0 unspecified atom stereocenters. The summed E-state index contributed by atoms with van der Waals surface area (Å²) >= 11 is 2.89. The lowest BCUT2D eigenvalue weighted by molar-refractivity contribution is -0.127. The van der Waals surface area contributed by atoms with Gasteiger partial charge in [0.25, 0.3) is 11.1 Å². The third kappa shape index (κ3) is 5.15. The fourth-order valence-corrected chi connectivity index (χ4v) is 4.10. The number of anilines is 1. The molecule has 1 aliphatic heterocycles. The van der Waals surface area contributed by atoms with Gasteiger partial charge in [-0.05, 0) is 77.2 Å². The van der Waals surface area contributed by atoms with E-state index in [1.165, 1.54) is 18.2 Å². The van der Waals surface area contributed by atoms with Crippen molar-refractivity contribution < 1.29 is 23.5 Å². The van der Waals surface area contributed by atoms with Gasteiger partial charge in [0.15, 0.2) is 0 Å². The Morgan fingerprint density at radius 3 is 2.72 bits per heavy atom. The summed E-state index contributed by atoms with van der Waals surface area (Å²) in [5.74, 6) is -1.08. The number of thioether (sulfide) groups is 1. The third-order valence-corrected chi connectivity index (χ3v) is 5.63. The van der Waals surface area contributed by atoms with Gasteiger partial charge in [0.1, 0.15) is 18.1 Å². The number of rotatable bonds is 6. The van der Waals surface area contributed by atoms with E-state index in [1.54, 1.807) is 24.3 Å². The SMILES string of the molecule is CCOc1ccc(/C=C2\SC(=O)N(CC(=O)Nc3ccccc3F)C2=O)cc1I. The minimum absolute atomic E-state index is 0.0102. The Bertz CT molecular complexity index is 1010. The van der Waals surface area contributed by atoms with E-state index in [4.69, 9.17) is 4.74 Å². The number of halogens is 2. The molecule has 0 aliphatic carbocycles. The number of benzene rings is 2. The van der Waals surface area contributed by atoms with Gasteiger partial charge in [0, 0.05) is 0 Å². The van der Waals surface area contributed by atoms with Crippen LogP contribution in [-0.4, -0.2) is 35.1 Å². The van der Waals surface area contributed by atoms with Crippen LogP contribution < -0.4 is 10.1 Å². The van der Waals surface area contributed by atoms with Gasteiger partial charge in [0.05, 0.1) is 20.8 Å². The molecule has 3 amide bonds. The molecule has 2 aromatic rings. The van der Waals surface area contributed by atoms with Crippen LogP contribution in [0.5, 0.6) is 5.75 Å². The van der Waals surface area contributed by atoms with Crippen LogP contribution in [0.15, 0.2) is 47.4 Å². The molecule has 1 heterocycles. The zero-order valence-electron chi connectivity index (χ0n) is 15.3. The van der Waals surface area contributed by atoms with Crippen LogP contribution in [0, 0.1) is 9.39 Å². The number of ether oxygens (including phenoxy) is 1. The van der Waals surface area contributed by atoms with Gasteiger partial charge in [-0.15, -0.1) is 0 Å². The molecule has 0 atom stereocenters. The summed E-state index contributed by atoms with van der Waals surface area (Å²) in [7, 11) is 0. The number of amides is 3. The highest BCUT2D eigenvalue weighted by molar-refractivity contribution is 14.1. The van der Waals surface area contributed by atoms with Crippen molar-refractivity contribution in [2.24, 2.45) is 0 Å². The van der Waals surface area contributed by atoms with Gasteiger partial charge in [0.2, 0.25) is 5.91 Å². The first-order chi connectivity index (χ1) is 13.9. The molecule has 0 saturated carbocycles. The molecule has 0 aromatic heterocycles. The number of nitrogens with one attached hydrogen (secondary N) is 1. The van der Waals surface area contributed by atoms with Crippen molar-refractivity contribution in [1.29, 1.82) is 0 Å². The first-order valence-electron chi connectivity index (χ1n) is 8.61. The maximum absolute atomic E-state index is 13.6. The van der Waals surface area contributed by atoms with E-state index >= 15 is 0 Å². The monoisotopic (exact) mass is 526 g/mol. The first-order valence-corrected chi connectivity index (χ1v) is 10.5. The highest BCUT2D eigenvalue weighted by atomic mass is 127. The Hall–Kier alpha value is -2.40. The second-order valence-electron chi connectivity index (χ2n) is 5.92. The van der Waals surface area contributed by atoms with Crippen molar-refractivity contribution in [1.82, 2.24) is 4.90 Å². The zero-order valence-corrected chi connectivity index (χ0v) is 18.3. The van der Waals surface area contributed by atoms with Gasteiger partial charge in [-0.3, -0.25) is 19.3 Å². The number of hydrogen-bond acceptors (Lipinski definition) is 5. The summed E-state index contributed by atoms with van der Waals surface area (Å²) < 4.78 is 20.0. The molecular formula is C20H16FIN2O4S. The normalized spacial score (nSPS) is 15.1. The zero-order chi connectivity index (χ0) is 21.0. The molecule has 3 rings (SSSR count). The van der Waals surface area contributed by atoms with Crippen LogP contribution in [-0.2, 0) is 9.59 Å². The van der Waals surface area contributed by atoms with Gasteiger partial charge >= 0.3 is 0 Å². The van der Waals surface area contributed by atoms with Crippen LogP contribution in [0.3, 0.4) is 0 Å². The van der Waals surface area contributed by atoms with Gasteiger partial charge < -0.3 is 10.1 Å². The van der Waals surface area contributed by atoms with Gasteiger partial charge in [-0.2, -0.15) is 0 Å². The summed E-state index contributed by atoms with van der Waals surface area (Å²) in [5.41, 5.74) is 0.725. The Labute approximate surface area is 184 Å². The van der Waals surface area contributed by atoms with Crippen molar-refractivity contribution >= 4 is 63.2 Å². The van der Waals surface area contributed by atoms with Crippen molar-refractivity contribution in [3.05, 3.63) is 62.3 Å². The predicted molar refractivity (Wildman–Crippen MR) is 118 cm³/mol. The Balaban J connectivity index is 1.71. The summed E-state index contributed by atoms with van der Waals surface area (Å²) in [6.45, 7) is 1.95. The van der Waals surface area contributed by atoms with E-state index in [9.17, 15) is 18.8 Å². The van der Waals surface area contributed by atoms with Crippen LogP contribution >= 0.6 is 34.4 Å². The average Bonchev–Trinajstić information content (AvgIpc) is 2.93. The Morgan fingerprint density at radius 2 is 2.03 bits per heavy atom. The van der Waals surface area contributed by atoms with Gasteiger partial charge in [-0.25, -0.2) is 4.39 Å². The van der Waals surface area contributed by atoms with E-state index in [1.807, 2.05) is 13.0 Å². The van der Waals surface area contributed by atoms with E-state index < -0.39 is 29.4 Å². The van der Waals surface area contributed by atoms with Crippen LogP contribution in [0.2, 0.25) is 0 Å². The molecule has 1 aliphatic rings. The number of nitrogens with zero attached hydrogens (tertiary/aromatic N) is 1. The number of hydrogen-bond donors (Lipinski definition) is 1. The van der Waals surface area contributed by atoms with Crippen molar-refractivity contribution in [2.75, 3.05) is 18.5 Å². The summed E-state index contributed by atoms with van der Waals surface area (Å²) in [6.07, 6.45) is 1.59. The molecule has 9 heteroatoms. The fraction of sp³-hybridized carbons (Fsp3) is 0.150. The highest BCUT2D eigenvalue weighted by Crippen LogP contribution is 2.33. The molecule has 0 radical (unpaired) electrons. The second-order valence-corrected chi connectivity index (χ2v) is 8.07. The summed E-state index contributed by atoms with van der Waals surface area (Å²) in [4.78, 5) is 38.0. The molecule has 2 aromatic carbocycles. The topological polar surface area (TPSA) is 75.7 Å². The molecule has 1 fully saturated rings. The molecule has 0 bridgehead atoms. The van der Waals surface area contributed by atoms with E-state index in [0.29, 0.717) is 6.61 Å². The smallest absolute Gasteiger partial charge is 0.294 e. The third-order valence-electron chi connectivity index (χ3n) is 3.88. The van der Waals surface area contributed by atoms with E-state index in [0.717, 1.165) is 31.5 Å². The molecule has 1 saturated heterocycles. The lowest BCUT2D eigenvalue weighted by Gasteiger charge is -2.12. The molecule has 150 valence electrons. The van der Waals surface area contributed by atoms with E-state index in [-0.39, 0.29) is 10.6 Å². The molecule has 1 N–H and O–H groups in total. The molecular weight excluding hydrogens is 510 g/mol. The maximum Gasteiger partial charge on any atom is 0.294 e. The van der Waals surface area contributed by atoms with Crippen molar-refractivity contribution in [2.45, 2.75) is 6.92 Å². The number of imide groups is 1. The minimum Gasteiger partial charge on any atom is -0.493 e. The van der Waals surface area contributed by atoms with E-state index in [2.05, 4.69) is 27.9 Å². The first kappa shape index (κ1) is 21.3. The quantitative estimate of drug-likeness (QED) is 0.443. The maximum atomic E-state index is 13.6. The number of para-hydroxylation sites is 1. The standard InChI is InChI=1S/C20H16FIN2O4S/c1-2-28-16-8-7-12(9-14(16)22)10-17-19(26)24(20(27)29-17)11-18(25)23-15-6-4-3-5-13(15)21/h3-10H,2,11H2,1H3,(H,23,25)/b17-10-. The minimum atomic E-state index is -0.658. The van der Waals surface area contributed by atoms with Gasteiger partial charge in [-0.1, -0.05) is 18.2 Å². The van der Waals surface area contributed by atoms with Crippen LogP contribution in [0.25, 0.3) is 6.08 Å². The number of carbonyl (C=O) groups excluding carboxylic acids is 3. The molecule has 6 nitrogen and oxygen atoms in total. The Morgan fingerprint density at radius 1 is 1.28 bits per heavy atom. The number of carbonyl (C=O) groups is 3. The summed E-state index contributed by atoms with van der Waals surface area (Å²) in [6, 6.07) is 11.1.